The van der Waals surface area contributed by atoms with Gasteiger partial charge in [-0.25, -0.2) is 9.18 Å². The fourth-order valence-corrected chi connectivity index (χ4v) is 3.06. The number of halogens is 2. The molecule has 2 aromatic rings. The van der Waals surface area contributed by atoms with Gasteiger partial charge in [-0.3, -0.25) is 9.59 Å². The summed E-state index contributed by atoms with van der Waals surface area (Å²) in [5.41, 5.74) is 0.555. The molecule has 1 amide bonds. The van der Waals surface area contributed by atoms with Crippen LogP contribution in [0.15, 0.2) is 47.4 Å². The van der Waals surface area contributed by atoms with Crippen molar-refractivity contribution < 1.29 is 23.5 Å². The Bertz CT molecular complexity index is 875. The first-order chi connectivity index (χ1) is 12.8. The van der Waals surface area contributed by atoms with Crippen LogP contribution in [0.1, 0.15) is 24.2 Å². The molecule has 0 aliphatic rings. The minimum absolute atomic E-state index is 0.0196. The van der Waals surface area contributed by atoms with E-state index in [-0.39, 0.29) is 27.8 Å². The van der Waals surface area contributed by atoms with Gasteiger partial charge in [0.05, 0.1) is 16.3 Å². The number of nitrogens with one attached hydrogen (secondary N) is 1. The van der Waals surface area contributed by atoms with Crippen molar-refractivity contribution in [3.63, 3.8) is 0 Å². The highest BCUT2D eigenvalue weighted by Gasteiger charge is 2.21. The number of anilines is 1. The zero-order valence-corrected chi connectivity index (χ0v) is 16.2. The van der Waals surface area contributed by atoms with Gasteiger partial charge in [0.2, 0.25) is 0 Å². The molecule has 2 aromatic carbocycles. The van der Waals surface area contributed by atoms with E-state index in [1.54, 1.807) is 24.3 Å². The number of rotatable bonds is 7. The van der Waals surface area contributed by atoms with Gasteiger partial charge in [0, 0.05) is 10.6 Å². The Kier molecular flexibility index (Phi) is 7.38. The third-order valence-corrected chi connectivity index (χ3v) is 4.89. The van der Waals surface area contributed by atoms with Crippen LogP contribution in [0.2, 0.25) is 5.02 Å². The summed E-state index contributed by atoms with van der Waals surface area (Å²) in [6, 6.07) is 10.4. The summed E-state index contributed by atoms with van der Waals surface area (Å²) in [4.78, 5) is 36.4. The quantitative estimate of drug-likeness (QED) is 0.544. The van der Waals surface area contributed by atoms with Crippen LogP contribution in [0.5, 0.6) is 0 Å². The van der Waals surface area contributed by atoms with Gasteiger partial charge in [-0.15, -0.1) is 11.8 Å². The fourth-order valence-electron chi connectivity index (χ4n) is 2.04. The predicted octanol–water partition coefficient (Wildman–Crippen LogP) is 4.34. The smallest absolute Gasteiger partial charge is 0.340 e. The topological polar surface area (TPSA) is 72.5 Å². The Balaban J connectivity index is 2.03. The molecule has 0 saturated heterocycles. The molecule has 0 spiro atoms. The molecule has 2 rings (SSSR count). The summed E-state index contributed by atoms with van der Waals surface area (Å²) in [7, 11) is 0. The van der Waals surface area contributed by atoms with Crippen molar-refractivity contribution in [3.8, 4) is 0 Å². The number of esters is 1. The monoisotopic (exact) mass is 409 g/mol. The summed E-state index contributed by atoms with van der Waals surface area (Å²) in [6.07, 6.45) is -1.09. The van der Waals surface area contributed by atoms with Crippen LogP contribution in [-0.4, -0.2) is 29.5 Å². The number of hydrogen-bond donors (Lipinski definition) is 1. The van der Waals surface area contributed by atoms with Crippen molar-refractivity contribution in [1.29, 1.82) is 0 Å². The molecule has 0 unspecified atom stereocenters. The van der Waals surface area contributed by atoms with Crippen LogP contribution in [0, 0.1) is 5.82 Å². The number of hydrogen-bond acceptors (Lipinski definition) is 5. The highest BCUT2D eigenvalue weighted by Crippen LogP contribution is 2.24. The first kappa shape index (κ1) is 20.9. The van der Waals surface area contributed by atoms with Gasteiger partial charge in [0.1, 0.15) is 11.6 Å². The number of carbonyl (C=O) groups excluding carboxylic acids is 3. The van der Waals surface area contributed by atoms with E-state index < -0.39 is 23.8 Å². The van der Waals surface area contributed by atoms with Crippen LogP contribution < -0.4 is 5.32 Å². The number of thioether (sulfide) groups is 1. The molecular formula is C19H17ClFNO4S. The lowest BCUT2D eigenvalue weighted by atomic mass is 10.2. The minimum atomic E-state index is -1.09. The van der Waals surface area contributed by atoms with Crippen molar-refractivity contribution in [2.45, 2.75) is 24.8 Å². The Morgan fingerprint density at radius 2 is 1.93 bits per heavy atom. The van der Waals surface area contributed by atoms with E-state index in [1.165, 1.54) is 37.7 Å². The maximum Gasteiger partial charge on any atom is 0.340 e. The standard InChI is InChI=1S/C19H17ClFNO4S/c1-11(23)10-27-17-6-4-3-5-14(17)19(25)26-12(2)18(24)22-13-7-8-16(21)15(20)9-13/h3-9,12H,10H2,1-2H3,(H,22,24)/t12-/m0/s1. The van der Waals surface area contributed by atoms with E-state index in [0.717, 1.165) is 6.07 Å². The summed E-state index contributed by atoms with van der Waals surface area (Å²) in [5, 5.41) is 2.37. The first-order valence-electron chi connectivity index (χ1n) is 7.96. The lowest BCUT2D eigenvalue weighted by Gasteiger charge is -2.15. The second-order valence-corrected chi connectivity index (χ2v) is 7.08. The zero-order valence-electron chi connectivity index (χ0n) is 14.6. The molecule has 0 saturated carbocycles. The molecular weight excluding hydrogens is 393 g/mol. The van der Waals surface area contributed by atoms with Crippen LogP contribution in [0.25, 0.3) is 0 Å². The van der Waals surface area contributed by atoms with E-state index in [4.69, 9.17) is 16.3 Å². The fraction of sp³-hybridized carbons (Fsp3) is 0.211. The molecule has 8 heteroatoms. The van der Waals surface area contributed by atoms with Gasteiger partial charge < -0.3 is 10.1 Å². The van der Waals surface area contributed by atoms with E-state index in [0.29, 0.717) is 4.90 Å². The van der Waals surface area contributed by atoms with Gasteiger partial charge >= 0.3 is 5.97 Å². The molecule has 5 nitrogen and oxygen atoms in total. The first-order valence-corrected chi connectivity index (χ1v) is 9.32. The lowest BCUT2D eigenvalue weighted by molar-refractivity contribution is -0.123. The number of carbonyl (C=O) groups is 3. The third kappa shape index (κ3) is 6.08. The van der Waals surface area contributed by atoms with E-state index >= 15 is 0 Å². The van der Waals surface area contributed by atoms with Crippen molar-refractivity contribution >= 4 is 46.7 Å². The average molecular weight is 410 g/mol. The van der Waals surface area contributed by atoms with Crippen molar-refractivity contribution in [2.24, 2.45) is 0 Å². The van der Waals surface area contributed by atoms with Gasteiger partial charge in [-0.05, 0) is 44.2 Å². The van der Waals surface area contributed by atoms with Gasteiger partial charge in [-0.1, -0.05) is 23.7 Å². The highest BCUT2D eigenvalue weighted by atomic mass is 35.5. The molecule has 27 heavy (non-hydrogen) atoms. The molecule has 0 radical (unpaired) electrons. The largest absolute Gasteiger partial charge is 0.449 e. The predicted molar refractivity (Wildman–Crippen MR) is 103 cm³/mol. The Morgan fingerprint density at radius 3 is 2.59 bits per heavy atom. The highest BCUT2D eigenvalue weighted by molar-refractivity contribution is 8.00. The maximum absolute atomic E-state index is 13.2. The Hall–Kier alpha value is -2.38. The number of amides is 1. The molecule has 142 valence electrons. The lowest BCUT2D eigenvalue weighted by Crippen LogP contribution is -2.30. The maximum atomic E-state index is 13.2. The van der Waals surface area contributed by atoms with Crippen molar-refractivity contribution in [1.82, 2.24) is 0 Å². The second kappa shape index (κ2) is 9.53. The average Bonchev–Trinajstić information content (AvgIpc) is 2.63. The van der Waals surface area contributed by atoms with Crippen LogP contribution in [0.4, 0.5) is 10.1 Å². The number of ketones is 1. The molecule has 0 bridgehead atoms. The third-order valence-electron chi connectivity index (χ3n) is 3.38. The number of Topliss-reactive ketones (excluding diaryl/α,β-unsaturated/α-hetero) is 1. The van der Waals surface area contributed by atoms with Crippen LogP contribution in [-0.2, 0) is 14.3 Å². The summed E-state index contributed by atoms with van der Waals surface area (Å²) < 4.78 is 18.4. The Morgan fingerprint density at radius 1 is 1.22 bits per heavy atom. The van der Waals surface area contributed by atoms with Gasteiger partial charge in [-0.2, -0.15) is 0 Å². The number of benzene rings is 2. The molecule has 1 atom stereocenters. The second-order valence-electron chi connectivity index (χ2n) is 5.65. The minimum Gasteiger partial charge on any atom is -0.449 e. The normalized spacial score (nSPS) is 11.6. The van der Waals surface area contributed by atoms with Gasteiger partial charge in [0.15, 0.2) is 6.10 Å². The van der Waals surface area contributed by atoms with Crippen molar-refractivity contribution in [3.05, 3.63) is 58.9 Å². The van der Waals surface area contributed by atoms with Crippen LogP contribution in [0.3, 0.4) is 0 Å². The Labute approximate surface area is 165 Å². The van der Waals surface area contributed by atoms with E-state index in [9.17, 15) is 18.8 Å². The van der Waals surface area contributed by atoms with Crippen LogP contribution >= 0.6 is 23.4 Å². The molecule has 0 heterocycles. The molecule has 0 aliphatic heterocycles. The summed E-state index contributed by atoms with van der Waals surface area (Å²) in [5.74, 6) is -1.66. The summed E-state index contributed by atoms with van der Waals surface area (Å²) >= 11 is 6.90. The molecule has 0 aromatic heterocycles. The molecule has 0 fully saturated rings. The zero-order chi connectivity index (χ0) is 20.0. The SMILES string of the molecule is CC(=O)CSc1ccccc1C(=O)O[C@@H](C)C(=O)Nc1ccc(F)c(Cl)c1. The summed E-state index contributed by atoms with van der Waals surface area (Å²) in [6.45, 7) is 2.88. The number of ether oxygens (including phenoxy) is 1. The van der Waals surface area contributed by atoms with Crippen molar-refractivity contribution in [2.75, 3.05) is 11.1 Å². The van der Waals surface area contributed by atoms with E-state index in [1.807, 2.05) is 0 Å². The molecule has 1 N–H and O–H groups in total. The van der Waals surface area contributed by atoms with Gasteiger partial charge in [0.25, 0.3) is 5.91 Å². The van der Waals surface area contributed by atoms with E-state index in [2.05, 4.69) is 5.32 Å². The molecule has 0 aliphatic carbocycles.